The molecule has 184 valence electrons. The number of aromatic nitrogens is 1. The molecule has 0 saturated carbocycles. The predicted octanol–water partition coefficient (Wildman–Crippen LogP) is 5.90. The number of rotatable bonds is 6. The second-order valence-electron chi connectivity index (χ2n) is 9.01. The summed E-state index contributed by atoms with van der Waals surface area (Å²) in [6, 6.07) is 17.2. The van der Waals surface area contributed by atoms with E-state index in [2.05, 4.69) is 17.2 Å². The molecular weight excluding hydrogens is 460 g/mol. The van der Waals surface area contributed by atoms with Crippen LogP contribution < -0.4 is 15.0 Å². The number of piperidine rings is 1. The van der Waals surface area contributed by atoms with Crippen molar-refractivity contribution >= 4 is 34.1 Å². The molecule has 1 N–H and O–H groups in total. The highest BCUT2D eigenvalue weighted by atomic mass is 16.6. The number of methoxy groups -OCH3 is 1. The van der Waals surface area contributed by atoms with Crippen molar-refractivity contribution in [1.29, 1.82) is 0 Å². The molecule has 1 aromatic heterocycles. The Morgan fingerprint density at radius 2 is 1.86 bits per heavy atom. The highest BCUT2D eigenvalue weighted by Crippen LogP contribution is 2.33. The van der Waals surface area contributed by atoms with Gasteiger partial charge in [-0.2, -0.15) is 0 Å². The number of oxazole rings is 1. The van der Waals surface area contributed by atoms with E-state index in [0.29, 0.717) is 34.3 Å². The van der Waals surface area contributed by atoms with E-state index in [4.69, 9.17) is 9.15 Å². The van der Waals surface area contributed by atoms with Crippen LogP contribution in [0.5, 0.6) is 5.75 Å². The van der Waals surface area contributed by atoms with Crippen molar-refractivity contribution in [3.63, 3.8) is 0 Å². The zero-order chi connectivity index (χ0) is 25.2. The Kier molecular flexibility index (Phi) is 6.28. The van der Waals surface area contributed by atoms with Gasteiger partial charge in [0.15, 0.2) is 5.58 Å². The summed E-state index contributed by atoms with van der Waals surface area (Å²) >= 11 is 0. The summed E-state index contributed by atoms with van der Waals surface area (Å²) in [6.45, 7) is 3.73. The van der Waals surface area contributed by atoms with E-state index < -0.39 is 10.8 Å². The molecule has 3 aromatic carbocycles. The number of amides is 1. The van der Waals surface area contributed by atoms with Crippen LogP contribution in [0.2, 0.25) is 0 Å². The van der Waals surface area contributed by atoms with Gasteiger partial charge >= 0.3 is 0 Å². The van der Waals surface area contributed by atoms with Crippen molar-refractivity contribution < 1.29 is 18.9 Å². The molecule has 1 aliphatic heterocycles. The van der Waals surface area contributed by atoms with Crippen molar-refractivity contribution in [2.24, 2.45) is 5.92 Å². The van der Waals surface area contributed by atoms with Crippen LogP contribution in [0.15, 0.2) is 65.1 Å². The van der Waals surface area contributed by atoms with Crippen LogP contribution in [0.1, 0.15) is 30.1 Å². The van der Waals surface area contributed by atoms with Gasteiger partial charge in [-0.25, -0.2) is 4.98 Å². The molecule has 2 heterocycles. The Morgan fingerprint density at radius 1 is 1.11 bits per heavy atom. The number of fused-ring (bicyclic) bond motifs is 1. The van der Waals surface area contributed by atoms with E-state index in [1.807, 2.05) is 29.2 Å². The maximum absolute atomic E-state index is 12.9. The molecule has 0 aliphatic carbocycles. The number of benzene rings is 3. The van der Waals surface area contributed by atoms with Crippen molar-refractivity contribution in [3.8, 4) is 17.2 Å². The summed E-state index contributed by atoms with van der Waals surface area (Å²) in [5.41, 5.74) is 3.18. The number of hydrogen-bond acceptors (Lipinski definition) is 7. The van der Waals surface area contributed by atoms with Crippen LogP contribution in [0, 0.1) is 16.0 Å². The largest absolute Gasteiger partial charge is 0.497 e. The number of carbonyl (C=O) groups is 1. The molecule has 0 atom stereocenters. The Bertz CT molecular complexity index is 1420. The first kappa shape index (κ1) is 23.3. The third kappa shape index (κ3) is 4.72. The fraction of sp³-hybridized carbons (Fsp3) is 0.259. The monoisotopic (exact) mass is 486 g/mol. The minimum absolute atomic E-state index is 0.0618. The van der Waals surface area contributed by atoms with E-state index in [-0.39, 0.29) is 11.3 Å². The second-order valence-corrected chi connectivity index (χ2v) is 9.01. The molecule has 0 unspecified atom stereocenters. The lowest BCUT2D eigenvalue weighted by Gasteiger charge is -2.31. The Balaban J connectivity index is 1.35. The first-order valence-corrected chi connectivity index (χ1v) is 11.8. The minimum Gasteiger partial charge on any atom is -0.497 e. The van der Waals surface area contributed by atoms with Gasteiger partial charge in [0, 0.05) is 36.0 Å². The SMILES string of the molecule is COc1ccc(-c2nc3cc(NC(=O)c4ccc(N5CCC(C)CC5)c([N+](=O)[O-])c4)ccc3o2)cc1. The third-order valence-corrected chi connectivity index (χ3v) is 6.54. The number of nitrogens with zero attached hydrogens (tertiary/aromatic N) is 3. The van der Waals surface area contributed by atoms with E-state index in [0.717, 1.165) is 37.2 Å². The molecule has 1 fully saturated rings. The van der Waals surface area contributed by atoms with Gasteiger partial charge in [0.25, 0.3) is 11.6 Å². The molecule has 36 heavy (non-hydrogen) atoms. The normalized spacial score (nSPS) is 14.1. The molecule has 9 heteroatoms. The fourth-order valence-electron chi connectivity index (χ4n) is 4.39. The maximum Gasteiger partial charge on any atom is 0.293 e. The molecule has 0 radical (unpaired) electrons. The van der Waals surface area contributed by atoms with Gasteiger partial charge in [0.1, 0.15) is 17.0 Å². The summed E-state index contributed by atoms with van der Waals surface area (Å²) in [5, 5.41) is 14.6. The van der Waals surface area contributed by atoms with Crippen LogP contribution in [0.25, 0.3) is 22.6 Å². The van der Waals surface area contributed by atoms with Gasteiger partial charge < -0.3 is 19.4 Å². The van der Waals surface area contributed by atoms with Crippen LogP contribution >= 0.6 is 0 Å². The average Bonchev–Trinajstić information content (AvgIpc) is 3.32. The van der Waals surface area contributed by atoms with E-state index >= 15 is 0 Å². The molecule has 1 aliphatic rings. The summed E-state index contributed by atoms with van der Waals surface area (Å²) in [7, 11) is 1.60. The average molecular weight is 487 g/mol. The maximum atomic E-state index is 12.9. The smallest absolute Gasteiger partial charge is 0.293 e. The van der Waals surface area contributed by atoms with Crippen molar-refractivity contribution in [2.75, 3.05) is 30.4 Å². The Labute approximate surface area is 207 Å². The predicted molar refractivity (Wildman–Crippen MR) is 138 cm³/mol. The zero-order valence-electron chi connectivity index (χ0n) is 20.1. The number of nitrogens with one attached hydrogen (secondary N) is 1. The van der Waals surface area contributed by atoms with Gasteiger partial charge in [0.05, 0.1) is 12.0 Å². The first-order chi connectivity index (χ1) is 17.4. The lowest BCUT2D eigenvalue weighted by atomic mass is 9.98. The Morgan fingerprint density at radius 3 is 2.56 bits per heavy atom. The molecule has 1 amide bonds. The summed E-state index contributed by atoms with van der Waals surface area (Å²) in [4.78, 5) is 30.9. The lowest BCUT2D eigenvalue weighted by molar-refractivity contribution is -0.384. The van der Waals surface area contributed by atoms with Crippen molar-refractivity contribution in [3.05, 3.63) is 76.3 Å². The molecule has 0 spiro atoms. The van der Waals surface area contributed by atoms with Gasteiger partial charge in [-0.1, -0.05) is 6.92 Å². The zero-order valence-corrected chi connectivity index (χ0v) is 20.1. The second kappa shape index (κ2) is 9.69. The topological polar surface area (TPSA) is 111 Å². The number of nitro groups is 1. The quantitative estimate of drug-likeness (QED) is 0.267. The van der Waals surface area contributed by atoms with Crippen LogP contribution in [-0.4, -0.2) is 36.0 Å². The number of anilines is 2. The number of nitro benzene ring substituents is 1. The number of ether oxygens (including phenoxy) is 1. The highest BCUT2D eigenvalue weighted by Gasteiger charge is 2.25. The van der Waals surface area contributed by atoms with Gasteiger partial charge in [0.2, 0.25) is 5.89 Å². The molecule has 1 saturated heterocycles. The fourth-order valence-corrected chi connectivity index (χ4v) is 4.39. The Hall–Kier alpha value is -4.40. The van der Waals surface area contributed by atoms with Gasteiger partial charge in [-0.05, 0) is 73.4 Å². The van der Waals surface area contributed by atoms with Crippen molar-refractivity contribution in [1.82, 2.24) is 4.98 Å². The number of hydrogen-bond donors (Lipinski definition) is 1. The summed E-state index contributed by atoms with van der Waals surface area (Å²) in [5.74, 6) is 1.36. The van der Waals surface area contributed by atoms with E-state index in [1.165, 1.54) is 6.07 Å². The summed E-state index contributed by atoms with van der Waals surface area (Å²) in [6.07, 6.45) is 1.98. The molecule has 9 nitrogen and oxygen atoms in total. The number of carbonyl (C=O) groups excluding carboxylic acids is 1. The molecule has 0 bridgehead atoms. The molecular formula is C27H26N4O5. The van der Waals surface area contributed by atoms with Gasteiger partial charge in [-0.3, -0.25) is 14.9 Å². The molecule has 5 rings (SSSR count). The lowest BCUT2D eigenvalue weighted by Crippen LogP contribution is -2.33. The van der Waals surface area contributed by atoms with Crippen LogP contribution in [-0.2, 0) is 0 Å². The summed E-state index contributed by atoms with van der Waals surface area (Å²) < 4.78 is 11.0. The third-order valence-electron chi connectivity index (χ3n) is 6.54. The van der Waals surface area contributed by atoms with Gasteiger partial charge in [-0.15, -0.1) is 0 Å². The first-order valence-electron chi connectivity index (χ1n) is 11.8. The van der Waals surface area contributed by atoms with Crippen LogP contribution in [0.4, 0.5) is 17.1 Å². The minimum atomic E-state index is -0.435. The highest BCUT2D eigenvalue weighted by molar-refractivity contribution is 6.05. The molecule has 4 aromatic rings. The van der Waals surface area contributed by atoms with Crippen molar-refractivity contribution in [2.45, 2.75) is 19.8 Å². The standard InChI is InChI=1S/C27H26N4O5/c1-17-11-13-30(14-12-17)23-9-5-19(15-24(23)31(33)34)26(32)28-20-6-10-25-22(16-20)29-27(36-25)18-3-7-21(35-2)8-4-18/h3-10,15-17H,11-14H2,1-2H3,(H,28,32). The van der Waals surface area contributed by atoms with E-state index in [9.17, 15) is 14.9 Å². The van der Waals surface area contributed by atoms with E-state index in [1.54, 1.807) is 37.4 Å². The van der Waals surface area contributed by atoms with Crippen LogP contribution in [0.3, 0.4) is 0 Å².